The summed E-state index contributed by atoms with van der Waals surface area (Å²) in [7, 11) is -2.06. The Morgan fingerprint density at radius 2 is 1.68 bits per heavy atom. The molecule has 0 amide bonds. The minimum Gasteiger partial charge on any atom is -0.497 e. The van der Waals surface area contributed by atoms with Crippen LogP contribution in [0.2, 0.25) is 0 Å². The molecule has 0 saturated carbocycles. The van der Waals surface area contributed by atoms with Gasteiger partial charge >= 0.3 is 0 Å². The topological polar surface area (TPSA) is 72.9 Å². The van der Waals surface area contributed by atoms with Gasteiger partial charge in [0.1, 0.15) is 17.1 Å². The van der Waals surface area contributed by atoms with Crippen molar-refractivity contribution in [2.45, 2.75) is 55.9 Å². The van der Waals surface area contributed by atoms with Crippen LogP contribution in [0.4, 0.5) is 0 Å². The Bertz CT molecular complexity index is 1090. The van der Waals surface area contributed by atoms with Crippen molar-refractivity contribution >= 4 is 15.8 Å². The van der Waals surface area contributed by atoms with E-state index in [2.05, 4.69) is 20.8 Å². The van der Waals surface area contributed by atoms with E-state index < -0.39 is 15.6 Å². The van der Waals surface area contributed by atoms with Gasteiger partial charge in [0.15, 0.2) is 5.78 Å². The van der Waals surface area contributed by atoms with Crippen LogP contribution in [-0.4, -0.2) is 44.3 Å². The Kier molecular flexibility index (Phi) is 5.38. The summed E-state index contributed by atoms with van der Waals surface area (Å²) >= 11 is 0. The Balaban J connectivity index is 1.51. The van der Waals surface area contributed by atoms with Gasteiger partial charge in [-0.3, -0.25) is 4.79 Å². The van der Waals surface area contributed by atoms with Crippen LogP contribution in [0.1, 0.15) is 56.0 Å². The summed E-state index contributed by atoms with van der Waals surface area (Å²) in [6.45, 7) is 6.98. The first-order valence-corrected chi connectivity index (χ1v) is 12.0. The van der Waals surface area contributed by atoms with Gasteiger partial charge in [-0.05, 0) is 47.4 Å². The number of fused-ring (bicyclic) bond motifs is 1. The molecule has 0 N–H and O–H groups in total. The first-order chi connectivity index (χ1) is 14.5. The van der Waals surface area contributed by atoms with Crippen molar-refractivity contribution in [3.8, 4) is 11.5 Å². The van der Waals surface area contributed by atoms with E-state index in [1.807, 2.05) is 18.2 Å². The first-order valence-electron chi connectivity index (χ1n) is 10.6. The highest BCUT2D eigenvalue weighted by Crippen LogP contribution is 2.41. The average molecular weight is 444 g/mol. The summed E-state index contributed by atoms with van der Waals surface area (Å²) in [6.07, 6.45) is 1.24. The molecule has 2 aliphatic rings. The van der Waals surface area contributed by atoms with Crippen LogP contribution in [0.25, 0.3) is 0 Å². The Morgan fingerprint density at radius 1 is 1.03 bits per heavy atom. The fraction of sp³-hybridized carbons (Fsp3) is 0.458. The number of ketones is 1. The lowest BCUT2D eigenvalue weighted by Gasteiger charge is -2.43. The van der Waals surface area contributed by atoms with E-state index in [-0.39, 0.29) is 22.5 Å². The maximum atomic E-state index is 13.0. The van der Waals surface area contributed by atoms with E-state index in [1.165, 1.54) is 4.31 Å². The highest BCUT2D eigenvalue weighted by atomic mass is 32.2. The molecule has 0 aliphatic carbocycles. The molecule has 1 fully saturated rings. The van der Waals surface area contributed by atoms with Gasteiger partial charge in [-0.1, -0.05) is 26.8 Å². The molecule has 2 aromatic rings. The van der Waals surface area contributed by atoms with E-state index in [0.717, 1.165) is 5.56 Å². The number of sulfonamides is 1. The fourth-order valence-corrected chi connectivity index (χ4v) is 5.71. The molecule has 31 heavy (non-hydrogen) atoms. The molecular weight excluding hydrogens is 414 g/mol. The van der Waals surface area contributed by atoms with Crippen molar-refractivity contribution in [2.75, 3.05) is 20.2 Å². The second-order valence-electron chi connectivity index (χ2n) is 9.43. The van der Waals surface area contributed by atoms with Crippen molar-refractivity contribution in [3.05, 3.63) is 53.6 Å². The lowest BCUT2D eigenvalue weighted by Crippen LogP contribution is -2.52. The number of hydrogen-bond acceptors (Lipinski definition) is 5. The van der Waals surface area contributed by atoms with Gasteiger partial charge in [-0.2, -0.15) is 4.31 Å². The van der Waals surface area contributed by atoms with E-state index in [0.29, 0.717) is 43.0 Å². The van der Waals surface area contributed by atoms with Crippen LogP contribution < -0.4 is 9.47 Å². The monoisotopic (exact) mass is 443 g/mol. The minimum atomic E-state index is -3.60. The number of rotatable bonds is 3. The number of carbonyl (C=O) groups excluding carboxylic acids is 1. The number of Topliss-reactive ketones (excluding diaryl/α,β-unsaturated/α-hetero) is 1. The molecule has 0 radical (unpaired) electrons. The van der Waals surface area contributed by atoms with E-state index in [1.54, 1.807) is 31.4 Å². The number of hydrogen-bond donors (Lipinski definition) is 0. The zero-order chi connectivity index (χ0) is 22.4. The number of benzene rings is 2. The summed E-state index contributed by atoms with van der Waals surface area (Å²) in [5.74, 6) is 1.29. The quantitative estimate of drug-likeness (QED) is 0.712. The number of methoxy groups -OCH3 is 1. The van der Waals surface area contributed by atoms with Crippen LogP contribution in [0.15, 0.2) is 47.4 Å². The molecule has 0 atom stereocenters. The molecule has 2 aromatic carbocycles. The molecule has 7 heteroatoms. The second kappa shape index (κ2) is 7.64. The molecule has 0 unspecified atom stereocenters. The van der Waals surface area contributed by atoms with Crippen LogP contribution in [0.5, 0.6) is 11.5 Å². The minimum absolute atomic E-state index is 0.0500. The highest BCUT2D eigenvalue weighted by molar-refractivity contribution is 7.89. The Hall–Kier alpha value is -2.38. The van der Waals surface area contributed by atoms with Gasteiger partial charge in [-0.25, -0.2) is 8.42 Å². The molecule has 1 saturated heterocycles. The van der Waals surface area contributed by atoms with E-state index in [9.17, 15) is 13.2 Å². The van der Waals surface area contributed by atoms with Gasteiger partial charge in [0.25, 0.3) is 0 Å². The molecule has 166 valence electrons. The zero-order valence-electron chi connectivity index (χ0n) is 18.5. The van der Waals surface area contributed by atoms with Crippen LogP contribution in [0, 0.1) is 0 Å². The van der Waals surface area contributed by atoms with Crippen molar-refractivity contribution in [1.82, 2.24) is 4.31 Å². The Morgan fingerprint density at radius 3 is 2.26 bits per heavy atom. The van der Waals surface area contributed by atoms with Crippen molar-refractivity contribution in [3.63, 3.8) is 0 Å². The summed E-state index contributed by atoms with van der Waals surface area (Å²) in [6, 6.07) is 12.2. The van der Waals surface area contributed by atoms with Gasteiger partial charge < -0.3 is 9.47 Å². The smallest absolute Gasteiger partial charge is 0.243 e. The third-order valence-corrected chi connectivity index (χ3v) is 8.20. The molecule has 0 aromatic heterocycles. The lowest BCUT2D eigenvalue weighted by molar-refractivity contribution is 0.00587. The normalized spacial score (nSPS) is 19.0. The molecule has 4 rings (SSSR count). The molecule has 0 bridgehead atoms. The predicted octanol–water partition coefficient (Wildman–Crippen LogP) is 4.18. The van der Waals surface area contributed by atoms with Crippen LogP contribution >= 0.6 is 0 Å². The summed E-state index contributed by atoms with van der Waals surface area (Å²) < 4.78 is 39.0. The third-order valence-electron chi connectivity index (χ3n) is 6.29. The van der Waals surface area contributed by atoms with Gasteiger partial charge in [0, 0.05) is 25.9 Å². The molecule has 2 heterocycles. The second-order valence-corrected chi connectivity index (χ2v) is 11.4. The maximum absolute atomic E-state index is 13.0. The summed E-state index contributed by atoms with van der Waals surface area (Å²) in [5.41, 5.74) is 1.04. The van der Waals surface area contributed by atoms with Crippen LogP contribution in [0.3, 0.4) is 0 Å². The lowest BCUT2D eigenvalue weighted by atomic mass is 9.80. The molecule has 1 spiro atoms. The number of ether oxygens (including phenoxy) is 2. The third kappa shape index (κ3) is 4.08. The van der Waals surface area contributed by atoms with Crippen molar-refractivity contribution < 1.29 is 22.7 Å². The number of nitrogens with zero attached hydrogens (tertiary/aromatic N) is 1. The van der Waals surface area contributed by atoms with E-state index >= 15 is 0 Å². The standard InChI is InChI=1S/C24H29NO5S/c1-23(2,3)17-5-10-22-20(15-17)21(26)16-24(30-22)11-13-25(14-12-24)31(27,28)19-8-6-18(29-4)7-9-19/h5-10,15H,11-14,16H2,1-4H3. The molecule has 2 aliphatic heterocycles. The average Bonchev–Trinajstić information content (AvgIpc) is 2.73. The number of carbonyl (C=O) groups is 1. The van der Waals surface area contributed by atoms with Crippen molar-refractivity contribution in [1.29, 1.82) is 0 Å². The van der Waals surface area contributed by atoms with Crippen LogP contribution in [-0.2, 0) is 15.4 Å². The molecule has 6 nitrogen and oxygen atoms in total. The van der Waals surface area contributed by atoms with Gasteiger partial charge in [-0.15, -0.1) is 0 Å². The SMILES string of the molecule is COc1ccc(S(=O)(=O)N2CCC3(CC2)CC(=O)c2cc(C(C)(C)C)ccc2O3)cc1. The highest BCUT2D eigenvalue weighted by Gasteiger charge is 2.45. The Labute approximate surface area is 184 Å². The molecular formula is C24H29NO5S. The van der Waals surface area contributed by atoms with Gasteiger partial charge in [0.2, 0.25) is 10.0 Å². The maximum Gasteiger partial charge on any atom is 0.243 e. The summed E-state index contributed by atoms with van der Waals surface area (Å²) in [5, 5.41) is 0. The van der Waals surface area contributed by atoms with Gasteiger partial charge in [0.05, 0.1) is 24.0 Å². The predicted molar refractivity (Wildman–Crippen MR) is 118 cm³/mol. The van der Waals surface area contributed by atoms with Crippen molar-refractivity contribution in [2.24, 2.45) is 0 Å². The zero-order valence-corrected chi connectivity index (χ0v) is 19.3. The van der Waals surface area contributed by atoms with E-state index in [4.69, 9.17) is 9.47 Å². The fourth-order valence-electron chi connectivity index (χ4n) is 4.27. The number of piperidine rings is 1. The summed E-state index contributed by atoms with van der Waals surface area (Å²) in [4.78, 5) is 13.2. The first kappa shape index (κ1) is 21.8. The largest absolute Gasteiger partial charge is 0.497 e.